The van der Waals surface area contributed by atoms with Crippen molar-refractivity contribution in [2.45, 2.75) is 33.2 Å². The third-order valence-electron chi connectivity index (χ3n) is 5.77. The van der Waals surface area contributed by atoms with E-state index in [1.165, 1.54) is 0 Å². The lowest BCUT2D eigenvalue weighted by Gasteiger charge is -2.26. The van der Waals surface area contributed by atoms with E-state index in [-0.39, 0.29) is 11.3 Å². The quantitative estimate of drug-likeness (QED) is 0.276. The molecule has 1 aliphatic heterocycles. The minimum absolute atomic E-state index is 0.121. The van der Waals surface area contributed by atoms with Gasteiger partial charge in [-0.15, -0.1) is 0 Å². The van der Waals surface area contributed by atoms with E-state index in [1.54, 1.807) is 17.0 Å². The maximum Gasteiger partial charge on any atom is 0.295 e. The second-order valence-electron chi connectivity index (χ2n) is 9.38. The highest BCUT2D eigenvalue weighted by molar-refractivity contribution is 9.10. The molecule has 182 valence electrons. The van der Waals surface area contributed by atoms with Gasteiger partial charge in [-0.05, 0) is 81.4 Å². The van der Waals surface area contributed by atoms with Gasteiger partial charge >= 0.3 is 0 Å². The van der Waals surface area contributed by atoms with Crippen molar-refractivity contribution in [3.8, 4) is 5.75 Å². The van der Waals surface area contributed by atoms with Gasteiger partial charge in [0.15, 0.2) is 0 Å². The number of halogens is 1. The Labute approximate surface area is 210 Å². The molecular formula is C27H33BrN2O4. The lowest BCUT2D eigenvalue weighted by atomic mass is 9.94. The largest absolute Gasteiger partial charge is 0.507 e. The number of hydrogen-bond acceptors (Lipinski definition) is 5. The third kappa shape index (κ3) is 5.88. The minimum Gasteiger partial charge on any atom is -0.507 e. The van der Waals surface area contributed by atoms with Gasteiger partial charge in [-0.2, -0.15) is 0 Å². The second kappa shape index (κ2) is 11.2. The van der Waals surface area contributed by atoms with Gasteiger partial charge in [-0.25, -0.2) is 0 Å². The van der Waals surface area contributed by atoms with Crippen LogP contribution in [0.5, 0.6) is 5.75 Å². The Bertz CT molecular complexity index is 1080. The number of ketones is 1. The van der Waals surface area contributed by atoms with Crippen LogP contribution in [0.25, 0.3) is 5.76 Å². The van der Waals surface area contributed by atoms with E-state index in [9.17, 15) is 14.7 Å². The van der Waals surface area contributed by atoms with Gasteiger partial charge in [0.1, 0.15) is 11.5 Å². The summed E-state index contributed by atoms with van der Waals surface area (Å²) in [6.07, 6.45) is 0.716. The summed E-state index contributed by atoms with van der Waals surface area (Å²) in [6, 6.07) is 12.2. The minimum atomic E-state index is -0.658. The molecular weight excluding hydrogens is 496 g/mol. The number of rotatable bonds is 9. The molecule has 6 nitrogen and oxygen atoms in total. The molecule has 1 aliphatic rings. The average Bonchev–Trinajstić information content (AvgIpc) is 3.02. The molecule has 0 unspecified atom stereocenters. The van der Waals surface area contributed by atoms with Crippen molar-refractivity contribution in [3.63, 3.8) is 0 Å². The number of Topliss-reactive ketones (excluding diaryl/α,β-unsaturated/α-hetero) is 1. The summed E-state index contributed by atoms with van der Waals surface area (Å²) in [5, 5.41) is 11.3. The Morgan fingerprint density at radius 3 is 2.41 bits per heavy atom. The van der Waals surface area contributed by atoms with Crippen molar-refractivity contribution in [2.75, 3.05) is 33.8 Å². The maximum atomic E-state index is 13.2. The first-order valence-corrected chi connectivity index (χ1v) is 12.3. The molecule has 7 heteroatoms. The Morgan fingerprint density at radius 1 is 1.15 bits per heavy atom. The van der Waals surface area contributed by atoms with Gasteiger partial charge in [-0.1, -0.05) is 41.9 Å². The molecule has 2 aromatic rings. The molecule has 3 rings (SSSR count). The Morgan fingerprint density at radius 2 is 1.82 bits per heavy atom. The number of aliphatic hydroxyl groups is 1. The first-order valence-electron chi connectivity index (χ1n) is 11.5. The molecule has 1 atom stereocenters. The Hall–Kier alpha value is -2.64. The standard InChI is InChI=1S/C27H33BrN2O4/c1-17(2)16-34-21-11-12-22(18(3)15-21)25(31)23-24(19-7-9-20(28)10-8-19)30(27(33)26(23)32)14-6-13-29(4)5/h7-12,15,17,24,31H,6,13-14,16H2,1-5H3/t24-/m0/s1. The van der Waals surface area contributed by atoms with E-state index in [0.717, 1.165) is 22.1 Å². The zero-order chi connectivity index (χ0) is 25.0. The van der Waals surface area contributed by atoms with Gasteiger partial charge in [0.05, 0.1) is 18.2 Å². The normalized spacial score (nSPS) is 17.8. The van der Waals surface area contributed by atoms with Crippen molar-refractivity contribution >= 4 is 33.4 Å². The summed E-state index contributed by atoms with van der Waals surface area (Å²) in [6.45, 7) is 7.80. The lowest BCUT2D eigenvalue weighted by molar-refractivity contribution is -0.139. The lowest BCUT2D eigenvalue weighted by Crippen LogP contribution is -2.32. The fourth-order valence-electron chi connectivity index (χ4n) is 4.06. The van der Waals surface area contributed by atoms with Crippen LogP contribution in [-0.4, -0.2) is 60.4 Å². The number of nitrogens with zero attached hydrogens (tertiary/aromatic N) is 2. The molecule has 0 aromatic heterocycles. The molecule has 1 fully saturated rings. The van der Waals surface area contributed by atoms with Gasteiger partial charge in [0.2, 0.25) is 0 Å². The predicted molar refractivity (Wildman–Crippen MR) is 138 cm³/mol. The summed E-state index contributed by atoms with van der Waals surface area (Å²) in [4.78, 5) is 29.9. The van der Waals surface area contributed by atoms with E-state index in [1.807, 2.05) is 56.3 Å². The SMILES string of the molecule is Cc1cc(OCC(C)C)ccc1C(O)=C1C(=O)C(=O)N(CCCN(C)C)[C@H]1c1ccc(Br)cc1. The average molecular weight is 529 g/mol. The number of likely N-dealkylation sites (tertiary alicyclic amines) is 1. The molecule has 0 spiro atoms. The number of aliphatic hydroxyl groups excluding tert-OH is 1. The monoisotopic (exact) mass is 528 g/mol. The van der Waals surface area contributed by atoms with Crippen LogP contribution in [0.15, 0.2) is 52.5 Å². The van der Waals surface area contributed by atoms with Crippen LogP contribution >= 0.6 is 15.9 Å². The molecule has 1 N–H and O–H groups in total. The first kappa shape index (κ1) is 26.0. The highest BCUT2D eigenvalue weighted by atomic mass is 79.9. The topological polar surface area (TPSA) is 70.1 Å². The molecule has 0 bridgehead atoms. The highest BCUT2D eigenvalue weighted by Crippen LogP contribution is 2.40. The number of amides is 1. The molecule has 0 saturated carbocycles. The maximum absolute atomic E-state index is 13.2. The fourth-order valence-corrected chi connectivity index (χ4v) is 4.32. The second-order valence-corrected chi connectivity index (χ2v) is 10.3. The third-order valence-corrected chi connectivity index (χ3v) is 6.30. The summed E-state index contributed by atoms with van der Waals surface area (Å²) < 4.78 is 6.69. The number of aryl methyl sites for hydroxylation is 1. The van der Waals surface area contributed by atoms with Crippen LogP contribution in [-0.2, 0) is 9.59 Å². The van der Waals surface area contributed by atoms with Crippen LogP contribution in [0, 0.1) is 12.8 Å². The van der Waals surface area contributed by atoms with Crippen molar-refractivity contribution in [1.29, 1.82) is 0 Å². The van der Waals surface area contributed by atoms with Crippen molar-refractivity contribution < 1.29 is 19.4 Å². The Kier molecular flexibility index (Phi) is 8.55. The zero-order valence-electron chi connectivity index (χ0n) is 20.5. The molecule has 1 heterocycles. The van der Waals surface area contributed by atoms with Crippen LogP contribution in [0.4, 0.5) is 0 Å². The van der Waals surface area contributed by atoms with E-state index in [0.29, 0.717) is 36.8 Å². The van der Waals surface area contributed by atoms with Gasteiger partial charge < -0.3 is 19.6 Å². The fraction of sp³-hybridized carbons (Fsp3) is 0.407. The number of carbonyl (C=O) groups is 2. The van der Waals surface area contributed by atoms with E-state index in [2.05, 4.69) is 29.8 Å². The molecule has 2 aromatic carbocycles. The summed E-state index contributed by atoms with van der Waals surface area (Å²) in [5.74, 6) is -0.300. The first-order chi connectivity index (χ1) is 16.1. The number of ether oxygens (including phenoxy) is 1. The number of carbonyl (C=O) groups excluding carboxylic acids is 2. The van der Waals surface area contributed by atoms with E-state index < -0.39 is 17.7 Å². The van der Waals surface area contributed by atoms with E-state index >= 15 is 0 Å². The summed E-state index contributed by atoms with van der Waals surface area (Å²) in [7, 11) is 3.94. The predicted octanol–water partition coefficient (Wildman–Crippen LogP) is 5.17. The molecule has 1 saturated heterocycles. The molecule has 0 aliphatic carbocycles. The Balaban J connectivity index is 2.04. The van der Waals surface area contributed by atoms with Crippen LogP contribution in [0.2, 0.25) is 0 Å². The van der Waals surface area contributed by atoms with E-state index in [4.69, 9.17) is 4.74 Å². The van der Waals surface area contributed by atoms with Crippen molar-refractivity contribution in [3.05, 3.63) is 69.2 Å². The van der Waals surface area contributed by atoms with Gasteiger partial charge in [-0.3, -0.25) is 9.59 Å². The van der Waals surface area contributed by atoms with Crippen LogP contribution in [0.3, 0.4) is 0 Å². The van der Waals surface area contributed by atoms with Gasteiger partial charge in [0, 0.05) is 16.6 Å². The summed E-state index contributed by atoms with van der Waals surface area (Å²) in [5.41, 5.74) is 2.19. The van der Waals surface area contributed by atoms with Crippen molar-refractivity contribution in [1.82, 2.24) is 9.80 Å². The van der Waals surface area contributed by atoms with Crippen LogP contribution < -0.4 is 4.74 Å². The van der Waals surface area contributed by atoms with Crippen LogP contribution in [0.1, 0.15) is 43.0 Å². The smallest absolute Gasteiger partial charge is 0.295 e. The van der Waals surface area contributed by atoms with Crippen molar-refractivity contribution in [2.24, 2.45) is 5.92 Å². The zero-order valence-corrected chi connectivity index (χ0v) is 22.1. The molecule has 0 radical (unpaired) electrons. The molecule has 34 heavy (non-hydrogen) atoms. The highest BCUT2D eigenvalue weighted by Gasteiger charge is 2.45. The number of benzene rings is 2. The van der Waals surface area contributed by atoms with Gasteiger partial charge in [0.25, 0.3) is 11.7 Å². The number of hydrogen-bond donors (Lipinski definition) is 1. The summed E-state index contributed by atoms with van der Waals surface area (Å²) >= 11 is 3.44. The molecule has 1 amide bonds.